The average Bonchev–Trinajstić information content (AvgIpc) is 2.29. The molecule has 0 aromatic heterocycles. The van der Waals surface area contributed by atoms with E-state index in [1.165, 1.54) is 5.56 Å². The first-order valence-electron chi connectivity index (χ1n) is 6.18. The van der Waals surface area contributed by atoms with E-state index in [9.17, 15) is 8.42 Å². The molecule has 0 atom stereocenters. The third-order valence-corrected chi connectivity index (χ3v) is 5.13. The Morgan fingerprint density at radius 3 is 2.82 bits per heavy atom. The van der Waals surface area contributed by atoms with Gasteiger partial charge in [-0.3, -0.25) is 0 Å². The van der Waals surface area contributed by atoms with E-state index in [0.29, 0.717) is 10.6 Å². The van der Waals surface area contributed by atoms with Crippen molar-refractivity contribution in [2.75, 3.05) is 12.3 Å². The van der Waals surface area contributed by atoms with Gasteiger partial charge in [-0.2, -0.15) is 0 Å². The summed E-state index contributed by atoms with van der Waals surface area (Å²) in [6.07, 6.45) is 4.73. The van der Waals surface area contributed by atoms with Gasteiger partial charge in [-0.25, -0.2) is 8.42 Å². The number of nitrogens with two attached hydrogens (primary N) is 1. The summed E-state index contributed by atoms with van der Waals surface area (Å²) in [7, 11) is -3.00. The Hall–Kier alpha value is -0.870. The smallest absolute Gasteiger partial charge is 0.178 e. The molecule has 2 N–H and O–H groups in total. The van der Waals surface area contributed by atoms with Crippen molar-refractivity contribution in [3.05, 3.63) is 29.3 Å². The summed E-state index contributed by atoms with van der Waals surface area (Å²) >= 11 is 0. The van der Waals surface area contributed by atoms with Crippen molar-refractivity contribution in [3.8, 4) is 0 Å². The number of fused-ring (bicyclic) bond motifs is 1. The second-order valence-electron chi connectivity index (χ2n) is 4.61. The second kappa shape index (κ2) is 5.19. The summed E-state index contributed by atoms with van der Waals surface area (Å²) in [4.78, 5) is 0.548. The first kappa shape index (κ1) is 12.6. The topological polar surface area (TPSA) is 60.2 Å². The third kappa shape index (κ3) is 2.87. The van der Waals surface area contributed by atoms with Crippen LogP contribution >= 0.6 is 0 Å². The van der Waals surface area contributed by atoms with Gasteiger partial charge in [-0.15, -0.1) is 0 Å². The summed E-state index contributed by atoms with van der Waals surface area (Å²) in [5.74, 6) is 0.298. The van der Waals surface area contributed by atoms with E-state index in [4.69, 9.17) is 5.73 Å². The standard InChI is InChI=1S/C13H19NO2S/c14-8-2-1-4-11-6-7-13-12(10-11)5-3-9-17(13,15)16/h6-7,10H,1-5,8-9,14H2. The SMILES string of the molecule is NCCCCc1ccc2c(c1)CCCS2(=O)=O. The summed E-state index contributed by atoms with van der Waals surface area (Å²) in [5, 5.41) is 0. The highest BCUT2D eigenvalue weighted by Gasteiger charge is 2.23. The van der Waals surface area contributed by atoms with Crippen LogP contribution in [0.1, 0.15) is 30.4 Å². The molecular weight excluding hydrogens is 234 g/mol. The lowest BCUT2D eigenvalue weighted by Crippen LogP contribution is -2.16. The fraction of sp³-hybridized carbons (Fsp3) is 0.538. The highest BCUT2D eigenvalue weighted by Crippen LogP contribution is 2.26. The van der Waals surface area contributed by atoms with Crippen LogP contribution < -0.4 is 5.73 Å². The maximum Gasteiger partial charge on any atom is 0.178 e. The van der Waals surface area contributed by atoms with Gasteiger partial charge >= 0.3 is 0 Å². The molecule has 0 bridgehead atoms. The monoisotopic (exact) mass is 253 g/mol. The molecule has 1 aliphatic heterocycles. The Morgan fingerprint density at radius 2 is 2.06 bits per heavy atom. The highest BCUT2D eigenvalue weighted by molar-refractivity contribution is 7.91. The average molecular weight is 253 g/mol. The Bertz CT molecular complexity index is 494. The number of sulfone groups is 1. The Morgan fingerprint density at radius 1 is 1.24 bits per heavy atom. The molecule has 1 heterocycles. The van der Waals surface area contributed by atoms with E-state index in [2.05, 4.69) is 6.07 Å². The molecular formula is C13H19NO2S. The predicted molar refractivity (Wildman–Crippen MR) is 68.8 cm³/mol. The van der Waals surface area contributed by atoms with E-state index in [1.807, 2.05) is 6.07 Å². The van der Waals surface area contributed by atoms with Crippen LogP contribution in [0.15, 0.2) is 23.1 Å². The molecule has 0 saturated carbocycles. The second-order valence-corrected chi connectivity index (χ2v) is 6.69. The first-order valence-corrected chi connectivity index (χ1v) is 7.83. The lowest BCUT2D eigenvalue weighted by Gasteiger charge is -2.17. The zero-order chi connectivity index (χ0) is 12.3. The molecule has 0 radical (unpaired) electrons. The number of hydrogen-bond acceptors (Lipinski definition) is 3. The molecule has 0 unspecified atom stereocenters. The zero-order valence-electron chi connectivity index (χ0n) is 9.98. The van der Waals surface area contributed by atoms with Crippen LogP contribution in [0.25, 0.3) is 0 Å². The van der Waals surface area contributed by atoms with Gasteiger partial charge in [0, 0.05) is 0 Å². The van der Waals surface area contributed by atoms with E-state index in [0.717, 1.165) is 44.2 Å². The zero-order valence-corrected chi connectivity index (χ0v) is 10.8. The molecule has 0 saturated heterocycles. The Kier molecular flexibility index (Phi) is 3.84. The molecule has 1 aromatic rings. The van der Waals surface area contributed by atoms with Crippen molar-refractivity contribution in [2.24, 2.45) is 5.73 Å². The lowest BCUT2D eigenvalue weighted by molar-refractivity contribution is 0.586. The lowest BCUT2D eigenvalue weighted by atomic mass is 10.0. The van der Waals surface area contributed by atoms with E-state index in [-0.39, 0.29) is 0 Å². The number of aryl methyl sites for hydroxylation is 2. The molecule has 94 valence electrons. The summed E-state index contributed by atoms with van der Waals surface area (Å²) in [6, 6.07) is 5.78. The van der Waals surface area contributed by atoms with Crippen molar-refractivity contribution in [2.45, 2.75) is 37.0 Å². The van der Waals surface area contributed by atoms with Crippen molar-refractivity contribution < 1.29 is 8.42 Å². The minimum Gasteiger partial charge on any atom is -0.330 e. The van der Waals surface area contributed by atoms with E-state index < -0.39 is 9.84 Å². The number of hydrogen-bond donors (Lipinski definition) is 1. The predicted octanol–water partition coefficient (Wildman–Crippen LogP) is 1.69. The van der Waals surface area contributed by atoms with Gasteiger partial charge in [0.15, 0.2) is 9.84 Å². The number of rotatable bonds is 4. The largest absolute Gasteiger partial charge is 0.330 e. The quantitative estimate of drug-likeness (QED) is 0.831. The van der Waals surface area contributed by atoms with Gasteiger partial charge < -0.3 is 5.73 Å². The summed E-state index contributed by atoms with van der Waals surface area (Å²) < 4.78 is 23.7. The molecule has 0 aliphatic carbocycles. The normalized spacial score (nSPS) is 17.7. The molecule has 0 spiro atoms. The van der Waals surface area contributed by atoms with Gasteiger partial charge in [0.2, 0.25) is 0 Å². The minimum absolute atomic E-state index is 0.298. The van der Waals surface area contributed by atoms with Gasteiger partial charge in [-0.1, -0.05) is 12.1 Å². The molecule has 0 amide bonds. The Balaban J connectivity index is 2.20. The third-order valence-electron chi connectivity index (χ3n) is 3.24. The van der Waals surface area contributed by atoms with Crippen molar-refractivity contribution in [3.63, 3.8) is 0 Å². The molecule has 2 rings (SSSR count). The van der Waals surface area contributed by atoms with Crippen LogP contribution in [-0.4, -0.2) is 20.7 Å². The molecule has 1 aliphatic rings. The molecule has 0 fully saturated rings. The van der Waals surface area contributed by atoms with Crippen LogP contribution in [-0.2, 0) is 22.7 Å². The number of unbranched alkanes of at least 4 members (excludes halogenated alkanes) is 1. The van der Waals surface area contributed by atoms with Crippen LogP contribution in [0.4, 0.5) is 0 Å². The van der Waals surface area contributed by atoms with Crippen molar-refractivity contribution >= 4 is 9.84 Å². The number of benzene rings is 1. The van der Waals surface area contributed by atoms with Gasteiger partial charge in [0.1, 0.15) is 0 Å². The molecule has 17 heavy (non-hydrogen) atoms. The summed E-state index contributed by atoms with van der Waals surface area (Å²) in [5.41, 5.74) is 7.69. The highest BCUT2D eigenvalue weighted by atomic mass is 32.2. The minimum atomic E-state index is -3.00. The first-order chi connectivity index (χ1) is 8.13. The van der Waals surface area contributed by atoms with Crippen LogP contribution in [0.2, 0.25) is 0 Å². The van der Waals surface area contributed by atoms with E-state index in [1.54, 1.807) is 6.07 Å². The summed E-state index contributed by atoms with van der Waals surface area (Å²) in [6.45, 7) is 0.722. The van der Waals surface area contributed by atoms with E-state index >= 15 is 0 Å². The van der Waals surface area contributed by atoms with Crippen molar-refractivity contribution in [1.82, 2.24) is 0 Å². The van der Waals surface area contributed by atoms with Crippen LogP contribution in [0, 0.1) is 0 Å². The molecule has 1 aromatic carbocycles. The molecule has 3 nitrogen and oxygen atoms in total. The maximum absolute atomic E-state index is 11.8. The van der Waals surface area contributed by atoms with Crippen LogP contribution in [0.3, 0.4) is 0 Å². The fourth-order valence-electron chi connectivity index (χ4n) is 2.32. The van der Waals surface area contributed by atoms with Gasteiger partial charge in [0.25, 0.3) is 0 Å². The molecule has 4 heteroatoms. The Labute approximate surface area is 103 Å². The maximum atomic E-state index is 11.8. The van der Waals surface area contributed by atoms with Gasteiger partial charge in [0.05, 0.1) is 10.6 Å². The van der Waals surface area contributed by atoms with Gasteiger partial charge in [-0.05, 0) is 55.8 Å². The van der Waals surface area contributed by atoms with Crippen LogP contribution in [0.5, 0.6) is 0 Å². The van der Waals surface area contributed by atoms with Crippen molar-refractivity contribution in [1.29, 1.82) is 0 Å². The fourth-order valence-corrected chi connectivity index (χ4v) is 3.90.